The second-order valence-corrected chi connectivity index (χ2v) is 5.41. The van der Waals surface area contributed by atoms with Crippen LogP contribution in [0.1, 0.15) is 47.0 Å². The van der Waals surface area contributed by atoms with Crippen LogP contribution in [0.4, 0.5) is 0 Å². The lowest BCUT2D eigenvalue weighted by atomic mass is 9.56. The van der Waals surface area contributed by atoms with Gasteiger partial charge in [0.15, 0.2) is 0 Å². The molecule has 0 aromatic carbocycles. The molecule has 0 saturated heterocycles. The average Bonchev–Trinajstić information content (AvgIpc) is 2.02. The Hall–Kier alpha value is 0.0949. The predicted octanol–water partition coefficient (Wildman–Crippen LogP) is 4.34. The van der Waals surface area contributed by atoms with Gasteiger partial charge in [-0.25, -0.2) is 0 Å². The van der Waals surface area contributed by atoms with Gasteiger partial charge in [0, 0.05) is 5.88 Å². The topological polar surface area (TPSA) is 0 Å². The van der Waals surface area contributed by atoms with Gasteiger partial charge in [-0.2, -0.15) is 0 Å². The molecular formula is C12H22BCl. The molecule has 0 bridgehead atoms. The quantitative estimate of drug-likeness (QED) is 0.266. The molecule has 0 aliphatic carbocycles. The van der Waals surface area contributed by atoms with Crippen molar-refractivity contribution in [1.82, 2.24) is 0 Å². The minimum absolute atomic E-state index is 0.0496. The molecule has 0 aromatic rings. The molecule has 0 heterocycles. The van der Waals surface area contributed by atoms with E-state index < -0.39 is 0 Å². The second-order valence-electron chi connectivity index (χ2n) is 5.03. The Morgan fingerprint density at radius 3 is 2.14 bits per heavy atom. The van der Waals surface area contributed by atoms with Crippen LogP contribution in [0.15, 0.2) is 12.2 Å². The molecule has 0 N–H and O–H groups in total. The van der Waals surface area contributed by atoms with Crippen LogP contribution in [0, 0.1) is 5.41 Å². The van der Waals surface area contributed by atoms with Gasteiger partial charge in [0.1, 0.15) is 0 Å². The van der Waals surface area contributed by atoms with E-state index in [9.17, 15) is 0 Å². The summed E-state index contributed by atoms with van der Waals surface area (Å²) in [6.07, 6.45) is 7.81. The summed E-state index contributed by atoms with van der Waals surface area (Å²) >= 11 is 5.60. The van der Waals surface area contributed by atoms with Crippen molar-refractivity contribution in [3.05, 3.63) is 12.2 Å². The zero-order valence-corrected chi connectivity index (χ0v) is 10.7. The number of allylic oxidation sites excluding steroid dienone is 2. The van der Waals surface area contributed by atoms with Crippen LogP contribution in [-0.2, 0) is 0 Å². The van der Waals surface area contributed by atoms with E-state index in [4.69, 9.17) is 19.4 Å². The molecule has 80 valence electrons. The third-order valence-electron chi connectivity index (χ3n) is 2.95. The van der Waals surface area contributed by atoms with E-state index in [1.54, 1.807) is 0 Å². The Bertz CT molecular complexity index is 177. The Balaban J connectivity index is 3.97. The lowest BCUT2D eigenvalue weighted by Crippen LogP contribution is -2.24. The average molecular weight is 213 g/mol. The molecule has 0 spiro atoms. The maximum atomic E-state index is 6.08. The molecule has 0 aliphatic rings. The maximum absolute atomic E-state index is 6.08. The molecular weight excluding hydrogens is 190 g/mol. The molecule has 0 aliphatic heterocycles. The summed E-state index contributed by atoms with van der Waals surface area (Å²) in [7, 11) is 6.08. The zero-order valence-electron chi connectivity index (χ0n) is 9.94. The van der Waals surface area contributed by atoms with Crippen molar-refractivity contribution in [3.8, 4) is 0 Å². The standard InChI is InChI=1S/C12H22BCl/c1-11(2,12(3,4)13)9-7-5-6-8-10-14/h7,9H,5-6,8,10H2,1-4H3. The number of hydrogen-bond donors (Lipinski definition) is 0. The fourth-order valence-corrected chi connectivity index (χ4v) is 1.14. The van der Waals surface area contributed by atoms with Crippen LogP contribution >= 0.6 is 11.6 Å². The molecule has 14 heavy (non-hydrogen) atoms. The van der Waals surface area contributed by atoms with Gasteiger partial charge in [-0.15, -0.1) is 11.6 Å². The summed E-state index contributed by atoms with van der Waals surface area (Å²) in [4.78, 5) is 0. The Kier molecular flexibility index (Phi) is 5.89. The molecule has 0 unspecified atom stereocenters. The molecule has 0 amide bonds. The van der Waals surface area contributed by atoms with Crippen molar-refractivity contribution in [2.24, 2.45) is 5.41 Å². The molecule has 0 atom stereocenters. The van der Waals surface area contributed by atoms with Crippen LogP contribution in [-0.4, -0.2) is 13.7 Å². The maximum Gasteiger partial charge on any atom is 0.0750 e. The van der Waals surface area contributed by atoms with E-state index in [-0.39, 0.29) is 10.7 Å². The lowest BCUT2D eigenvalue weighted by Gasteiger charge is -2.36. The van der Waals surface area contributed by atoms with E-state index >= 15 is 0 Å². The van der Waals surface area contributed by atoms with Gasteiger partial charge in [-0.1, -0.05) is 45.2 Å². The van der Waals surface area contributed by atoms with Crippen molar-refractivity contribution >= 4 is 19.4 Å². The number of unbranched alkanes of at least 4 members (excludes halogenated alkanes) is 2. The molecule has 0 nitrogen and oxygen atoms in total. The highest BCUT2D eigenvalue weighted by atomic mass is 35.5. The van der Waals surface area contributed by atoms with E-state index in [1.807, 2.05) is 0 Å². The van der Waals surface area contributed by atoms with E-state index in [0.717, 1.165) is 18.7 Å². The van der Waals surface area contributed by atoms with E-state index in [1.165, 1.54) is 6.42 Å². The van der Waals surface area contributed by atoms with Crippen molar-refractivity contribution in [2.45, 2.75) is 52.3 Å². The van der Waals surface area contributed by atoms with Crippen molar-refractivity contribution in [1.29, 1.82) is 0 Å². The normalized spacial score (nSPS) is 13.8. The molecule has 2 heteroatoms. The van der Waals surface area contributed by atoms with E-state index in [2.05, 4.69) is 39.8 Å². The molecule has 2 radical (unpaired) electrons. The van der Waals surface area contributed by atoms with Gasteiger partial charge >= 0.3 is 0 Å². The van der Waals surface area contributed by atoms with Crippen molar-refractivity contribution in [2.75, 3.05) is 5.88 Å². The smallest absolute Gasteiger partial charge is 0.0750 e. The minimum Gasteiger partial charge on any atom is -0.127 e. The van der Waals surface area contributed by atoms with Crippen LogP contribution < -0.4 is 0 Å². The van der Waals surface area contributed by atoms with Gasteiger partial charge in [0.25, 0.3) is 0 Å². The van der Waals surface area contributed by atoms with Crippen LogP contribution in [0.3, 0.4) is 0 Å². The van der Waals surface area contributed by atoms with Gasteiger partial charge < -0.3 is 0 Å². The monoisotopic (exact) mass is 212 g/mol. The van der Waals surface area contributed by atoms with Gasteiger partial charge in [-0.3, -0.25) is 0 Å². The van der Waals surface area contributed by atoms with Crippen LogP contribution in [0.25, 0.3) is 0 Å². The fourth-order valence-electron chi connectivity index (χ4n) is 0.949. The first kappa shape index (κ1) is 14.1. The summed E-state index contributed by atoms with van der Waals surface area (Å²) in [5.41, 5.74) is 0.0496. The molecule has 0 rings (SSSR count). The van der Waals surface area contributed by atoms with Gasteiger partial charge in [-0.05, 0) is 24.7 Å². The number of alkyl halides is 1. The van der Waals surface area contributed by atoms with Crippen molar-refractivity contribution < 1.29 is 0 Å². The van der Waals surface area contributed by atoms with Crippen LogP contribution in [0.5, 0.6) is 0 Å². The molecule has 0 fully saturated rings. The Morgan fingerprint density at radius 1 is 1.14 bits per heavy atom. The minimum atomic E-state index is -0.171. The second kappa shape index (κ2) is 5.85. The third-order valence-corrected chi connectivity index (χ3v) is 3.22. The van der Waals surface area contributed by atoms with E-state index in [0.29, 0.717) is 0 Å². The fraction of sp³-hybridized carbons (Fsp3) is 0.833. The lowest BCUT2D eigenvalue weighted by molar-refractivity contribution is 0.352. The first-order chi connectivity index (χ1) is 6.31. The summed E-state index contributed by atoms with van der Waals surface area (Å²) in [5.74, 6) is 0.764. The number of hydrogen-bond acceptors (Lipinski definition) is 0. The van der Waals surface area contributed by atoms with Gasteiger partial charge in [0.05, 0.1) is 7.85 Å². The Labute approximate surface area is 95.5 Å². The van der Waals surface area contributed by atoms with Gasteiger partial charge in [0.2, 0.25) is 0 Å². The highest BCUT2D eigenvalue weighted by Gasteiger charge is 2.28. The predicted molar refractivity (Wildman–Crippen MR) is 67.3 cm³/mol. The highest BCUT2D eigenvalue weighted by Crippen LogP contribution is 2.42. The SMILES string of the molecule is [B]C(C)(C)C(C)(C)C=CCCCCCl. The third kappa shape index (κ3) is 5.09. The summed E-state index contributed by atoms with van der Waals surface area (Å²) in [5, 5.41) is -0.171. The number of rotatable bonds is 6. The van der Waals surface area contributed by atoms with Crippen molar-refractivity contribution in [3.63, 3.8) is 0 Å². The summed E-state index contributed by atoms with van der Waals surface area (Å²) in [6, 6.07) is 0. The first-order valence-electron chi connectivity index (χ1n) is 5.34. The highest BCUT2D eigenvalue weighted by molar-refractivity contribution is 6.17. The zero-order chi connectivity index (χ0) is 11.2. The summed E-state index contributed by atoms with van der Waals surface area (Å²) in [6.45, 7) is 8.47. The first-order valence-corrected chi connectivity index (χ1v) is 5.87. The Morgan fingerprint density at radius 2 is 1.71 bits per heavy atom. The number of halogens is 1. The largest absolute Gasteiger partial charge is 0.127 e. The molecule has 0 saturated carbocycles. The van der Waals surface area contributed by atoms with Crippen LogP contribution in [0.2, 0.25) is 5.31 Å². The summed E-state index contributed by atoms with van der Waals surface area (Å²) < 4.78 is 0. The molecule has 0 aromatic heterocycles.